The standard InChI is InChI=1S/C10H10F2INO/c1-10(11,12)6-9(15)14-8-4-2-3-7(13)5-8/h2-5H,6H2,1H3,(H,14,15). The molecule has 0 aliphatic rings. The molecule has 0 aliphatic carbocycles. The lowest BCUT2D eigenvalue weighted by Gasteiger charge is -2.10. The van der Waals surface area contributed by atoms with Crippen LogP contribution in [0, 0.1) is 3.57 Å². The van der Waals surface area contributed by atoms with Crippen molar-refractivity contribution in [3.05, 3.63) is 27.8 Å². The van der Waals surface area contributed by atoms with Gasteiger partial charge in [-0.25, -0.2) is 8.78 Å². The molecule has 0 aliphatic heterocycles. The van der Waals surface area contributed by atoms with Gasteiger partial charge in [-0.15, -0.1) is 0 Å². The number of alkyl halides is 2. The van der Waals surface area contributed by atoms with Crippen LogP contribution in [0.1, 0.15) is 13.3 Å². The number of halogens is 3. The molecule has 0 aromatic heterocycles. The molecule has 0 atom stereocenters. The molecular weight excluding hydrogens is 315 g/mol. The van der Waals surface area contributed by atoms with Crippen LogP contribution < -0.4 is 5.32 Å². The van der Waals surface area contributed by atoms with Crippen LogP contribution in [-0.4, -0.2) is 11.8 Å². The molecule has 1 rings (SSSR count). The summed E-state index contributed by atoms with van der Waals surface area (Å²) in [6.45, 7) is 0.724. The van der Waals surface area contributed by atoms with Crippen molar-refractivity contribution in [2.75, 3.05) is 5.32 Å². The monoisotopic (exact) mass is 325 g/mol. The highest BCUT2D eigenvalue weighted by molar-refractivity contribution is 14.1. The Morgan fingerprint density at radius 1 is 1.53 bits per heavy atom. The van der Waals surface area contributed by atoms with E-state index in [1.165, 1.54) is 0 Å². The van der Waals surface area contributed by atoms with Gasteiger partial charge in [-0.2, -0.15) is 0 Å². The zero-order valence-corrected chi connectivity index (χ0v) is 10.2. The summed E-state index contributed by atoms with van der Waals surface area (Å²) < 4.78 is 25.9. The van der Waals surface area contributed by atoms with Crippen molar-refractivity contribution < 1.29 is 13.6 Å². The second-order valence-corrected chi connectivity index (χ2v) is 4.55. The number of rotatable bonds is 3. The zero-order chi connectivity index (χ0) is 11.5. The third-order valence-electron chi connectivity index (χ3n) is 1.58. The first-order valence-corrected chi connectivity index (χ1v) is 5.38. The second-order valence-electron chi connectivity index (χ2n) is 3.31. The summed E-state index contributed by atoms with van der Waals surface area (Å²) >= 11 is 2.08. The van der Waals surface area contributed by atoms with Gasteiger partial charge in [-0.05, 0) is 47.7 Å². The predicted molar refractivity (Wildman–Crippen MR) is 63.0 cm³/mol. The zero-order valence-electron chi connectivity index (χ0n) is 8.06. The number of anilines is 1. The Kier molecular flexibility index (Phi) is 4.01. The number of nitrogens with one attached hydrogen (secondary N) is 1. The van der Waals surface area contributed by atoms with E-state index in [9.17, 15) is 13.6 Å². The van der Waals surface area contributed by atoms with E-state index < -0.39 is 18.3 Å². The molecule has 0 spiro atoms. The molecule has 82 valence electrons. The maximum atomic E-state index is 12.5. The van der Waals surface area contributed by atoms with Gasteiger partial charge in [-0.1, -0.05) is 6.07 Å². The third-order valence-corrected chi connectivity index (χ3v) is 2.25. The third kappa shape index (κ3) is 5.06. The average molecular weight is 325 g/mol. The molecular formula is C10H10F2INO. The Morgan fingerprint density at radius 2 is 2.20 bits per heavy atom. The number of hydrogen-bond donors (Lipinski definition) is 1. The summed E-state index contributed by atoms with van der Waals surface area (Å²) in [5.74, 6) is -3.64. The first-order chi connectivity index (χ1) is 6.87. The Balaban J connectivity index is 2.59. The molecule has 0 radical (unpaired) electrons. The van der Waals surface area contributed by atoms with Gasteiger partial charge < -0.3 is 5.32 Å². The van der Waals surface area contributed by atoms with Crippen molar-refractivity contribution in [1.82, 2.24) is 0 Å². The highest BCUT2D eigenvalue weighted by Gasteiger charge is 2.25. The SMILES string of the molecule is CC(F)(F)CC(=O)Nc1cccc(I)c1. The fourth-order valence-electron chi connectivity index (χ4n) is 1.05. The quantitative estimate of drug-likeness (QED) is 0.849. The topological polar surface area (TPSA) is 29.1 Å². The normalized spacial score (nSPS) is 11.2. The number of amides is 1. The number of carbonyl (C=O) groups is 1. The average Bonchev–Trinajstić information content (AvgIpc) is 1.99. The lowest BCUT2D eigenvalue weighted by Crippen LogP contribution is -2.22. The van der Waals surface area contributed by atoms with E-state index in [1.54, 1.807) is 18.2 Å². The van der Waals surface area contributed by atoms with Gasteiger partial charge in [0.1, 0.15) is 0 Å². The molecule has 2 nitrogen and oxygen atoms in total. The van der Waals surface area contributed by atoms with Crippen LogP contribution in [0.2, 0.25) is 0 Å². The Hall–Kier alpha value is -0.720. The van der Waals surface area contributed by atoms with E-state index in [4.69, 9.17) is 0 Å². The van der Waals surface area contributed by atoms with E-state index >= 15 is 0 Å². The first-order valence-electron chi connectivity index (χ1n) is 4.30. The minimum Gasteiger partial charge on any atom is -0.326 e. The Morgan fingerprint density at radius 3 is 2.73 bits per heavy atom. The number of benzene rings is 1. The molecule has 0 bridgehead atoms. The maximum absolute atomic E-state index is 12.5. The van der Waals surface area contributed by atoms with Crippen molar-refractivity contribution in [2.24, 2.45) is 0 Å². The summed E-state index contributed by atoms with van der Waals surface area (Å²) in [4.78, 5) is 11.1. The van der Waals surface area contributed by atoms with Crippen LogP contribution in [0.3, 0.4) is 0 Å². The van der Waals surface area contributed by atoms with Crippen LogP contribution in [-0.2, 0) is 4.79 Å². The maximum Gasteiger partial charge on any atom is 0.254 e. The van der Waals surface area contributed by atoms with Crippen LogP contribution in [0.4, 0.5) is 14.5 Å². The minimum absolute atomic E-state index is 0.538. The molecule has 1 N–H and O–H groups in total. The molecule has 1 aromatic rings. The molecule has 0 heterocycles. The molecule has 5 heteroatoms. The summed E-state index contributed by atoms with van der Waals surface area (Å²) in [5.41, 5.74) is 0.538. The molecule has 0 fully saturated rings. The lowest BCUT2D eigenvalue weighted by atomic mass is 10.2. The minimum atomic E-state index is -2.97. The fraction of sp³-hybridized carbons (Fsp3) is 0.300. The molecule has 1 amide bonds. The number of carbonyl (C=O) groups excluding carboxylic acids is 1. The fourth-order valence-corrected chi connectivity index (χ4v) is 1.60. The highest BCUT2D eigenvalue weighted by Crippen LogP contribution is 2.18. The van der Waals surface area contributed by atoms with Crippen LogP contribution >= 0.6 is 22.6 Å². The van der Waals surface area contributed by atoms with Gasteiger partial charge in [0.15, 0.2) is 0 Å². The Labute approximate surface area is 100 Å². The number of hydrogen-bond acceptors (Lipinski definition) is 1. The smallest absolute Gasteiger partial charge is 0.254 e. The van der Waals surface area contributed by atoms with Crippen molar-refractivity contribution >= 4 is 34.2 Å². The van der Waals surface area contributed by atoms with E-state index in [-0.39, 0.29) is 0 Å². The summed E-state index contributed by atoms with van der Waals surface area (Å²) in [6, 6.07) is 6.98. The van der Waals surface area contributed by atoms with Gasteiger partial charge in [0.05, 0.1) is 6.42 Å². The van der Waals surface area contributed by atoms with Crippen LogP contribution in [0.25, 0.3) is 0 Å². The molecule has 0 saturated carbocycles. The van der Waals surface area contributed by atoms with Crippen LogP contribution in [0.5, 0.6) is 0 Å². The lowest BCUT2D eigenvalue weighted by molar-refractivity contribution is -0.122. The summed E-state index contributed by atoms with van der Waals surface area (Å²) in [7, 11) is 0. The molecule has 0 saturated heterocycles. The van der Waals surface area contributed by atoms with Crippen molar-refractivity contribution in [3.8, 4) is 0 Å². The predicted octanol–water partition coefficient (Wildman–Crippen LogP) is 3.28. The van der Waals surface area contributed by atoms with E-state index in [0.29, 0.717) is 5.69 Å². The van der Waals surface area contributed by atoms with E-state index in [0.717, 1.165) is 10.5 Å². The van der Waals surface area contributed by atoms with E-state index in [1.807, 2.05) is 6.07 Å². The Bertz CT molecular complexity index is 363. The van der Waals surface area contributed by atoms with E-state index in [2.05, 4.69) is 27.9 Å². The first kappa shape index (κ1) is 12.4. The molecule has 15 heavy (non-hydrogen) atoms. The van der Waals surface area contributed by atoms with Gasteiger partial charge in [0.25, 0.3) is 5.92 Å². The molecule has 1 aromatic carbocycles. The molecule has 0 unspecified atom stereocenters. The van der Waals surface area contributed by atoms with Gasteiger partial charge in [0, 0.05) is 9.26 Å². The van der Waals surface area contributed by atoms with Gasteiger partial charge in [0.2, 0.25) is 5.91 Å². The van der Waals surface area contributed by atoms with Crippen molar-refractivity contribution in [3.63, 3.8) is 0 Å². The summed E-state index contributed by atoms with van der Waals surface area (Å²) in [6.07, 6.45) is -0.793. The van der Waals surface area contributed by atoms with Gasteiger partial charge >= 0.3 is 0 Å². The van der Waals surface area contributed by atoms with Crippen molar-refractivity contribution in [1.29, 1.82) is 0 Å². The van der Waals surface area contributed by atoms with Crippen LogP contribution in [0.15, 0.2) is 24.3 Å². The summed E-state index contributed by atoms with van der Waals surface area (Å²) in [5, 5.41) is 2.42. The van der Waals surface area contributed by atoms with Gasteiger partial charge in [-0.3, -0.25) is 4.79 Å². The highest BCUT2D eigenvalue weighted by atomic mass is 127. The largest absolute Gasteiger partial charge is 0.326 e. The second kappa shape index (κ2) is 4.87. The van der Waals surface area contributed by atoms with Crippen molar-refractivity contribution in [2.45, 2.75) is 19.3 Å².